The van der Waals surface area contributed by atoms with Crippen LogP contribution in [0.25, 0.3) is 0 Å². The van der Waals surface area contributed by atoms with E-state index in [9.17, 15) is 9.59 Å². The van der Waals surface area contributed by atoms with Crippen LogP contribution >= 0.6 is 15.9 Å². The van der Waals surface area contributed by atoms with Gasteiger partial charge in [-0.05, 0) is 52.9 Å². The summed E-state index contributed by atoms with van der Waals surface area (Å²) in [7, 11) is 0. The highest BCUT2D eigenvalue weighted by atomic mass is 79.9. The predicted molar refractivity (Wildman–Crippen MR) is 82.6 cm³/mol. The normalized spacial score (nSPS) is 25.2. The second-order valence-corrected chi connectivity index (χ2v) is 6.53. The molecule has 2 fully saturated rings. The zero-order valence-electron chi connectivity index (χ0n) is 11.5. The number of nitrogens with zero attached hydrogens (tertiary/aromatic N) is 1. The molecule has 2 N–H and O–H groups in total. The fourth-order valence-corrected chi connectivity index (χ4v) is 3.85. The summed E-state index contributed by atoms with van der Waals surface area (Å²) in [6, 6.07) is 5.43. The average molecular weight is 353 g/mol. The van der Waals surface area contributed by atoms with Crippen molar-refractivity contribution in [3.63, 3.8) is 0 Å². The van der Waals surface area contributed by atoms with Crippen LogP contribution in [0.3, 0.4) is 0 Å². The minimum absolute atomic E-state index is 0.164. The molecule has 0 aromatic heterocycles. The van der Waals surface area contributed by atoms with Gasteiger partial charge in [0, 0.05) is 30.0 Å². The molecule has 0 spiro atoms. The average Bonchev–Trinajstić information content (AvgIpc) is 2.46. The van der Waals surface area contributed by atoms with E-state index in [0.29, 0.717) is 18.4 Å². The summed E-state index contributed by atoms with van der Waals surface area (Å²) < 4.78 is 0.806. The third-order valence-electron chi connectivity index (χ3n) is 4.36. The molecule has 0 bridgehead atoms. The van der Waals surface area contributed by atoms with E-state index in [1.54, 1.807) is 12.1 Å². The van der Waals surface area contributed by atoms with Gasteiger partial charge in [-0.15, -0.1) is 0 Å². The highest BCUT2D eigenvalue weighted by Gasteiger charge is 2.34. The number of amides is 1. The number of fused-ring (bicyclic) bond motifs is 1. The predicted octanol–water partition coefficient (Wildman–Crippen LogP) is 2.25. The molecule has 21 heavy (non-hydrogen) atoms. The van der Waals surface area contributed by atoms with E-state index >= 15 is 0 Å². The van der Waals surface area contributed by atoms with E-state index in [-0.39, 0.29) is 11.5 Å². The number of carbonyl (C=O) groups excluding carboxylic acids is 1. The number of nitrogens with one attached hydrogen (secondary N) is 1. The van der Waals surface area contributed by atoms with Gasteiger partial charge in [0.2, 0.25) is 5.91 Å². The second-order valence-electron chi connectivity index (χ2n) is 5.68. The fourth-order valence-electron chi connectivity index (χ4n) is 3.23. The third kappa shape index (κ3) is 2.90. The van der Waals surface area contributed by atoms with Crippen LogP contribution < -0.4 is 10.2 Å². The van der Waals surface area contributed by atoms with Crippen LogP contribution in [0.1, 0.15) is 29.6 Å². The lowest BCUT2D eigenvalue weighted by molar-refractivity contribution is -0.124. The number of carboxylic acid groups (broad SMARTS) is 1. The first-order valence-corrected chi connectivity index (χ1v) is 7.91. The first-order chi connectivity index (χ1) is 10.0. The summed E-state index contributed by atoms with van der Waals surface area (Å²) in [4.78, 5) is 24.7. The van der Waals surface area contributed by atoms with E-state index in [1.807, 2.05) is 6.07 Å². The van der Waals surface area contributed by atoms with Gasteiger partial charge in [-0.3, -0.25) is 4.79 Å². The van der Waals surface area contributed by atoms with Crippen LogP contribution in [-0.2, 0) is 4.79 Å². The molecule has 0 saturated carbocycles. The molecule has 0 radical (unpaired) electrons. The molecule has 3 rings (SSSR count). The molecule has 2 unspecified atom stereocenters. The van der Waals surface area contributed by atoms with Crippen molar-refractivity contribution in [3.8, 4) is 0 Å². The Morgan fingerprint density at radius 3 is 2.90 bits per heavy atom. The van der Waals surface area contributed by atoms with Crippen molar-refractivity contribution in [2.24, 2.45) is 5.92 Å². The van der Waals surface area contributed by atoms with Gasteiger partial charge in [0.05, 0.1) is 11.3 Å². The smallest absolute Gasteiger partial charge is 0.335 e. The topological polar surface area (TPSA) is 69.6 Å². The van der Waals surface area contributed by atoms with E-state index in [0.717, 1.165) is 36.1 Å². The van der Waals surface area contributed by atoms with Crippen molar-refractivity contribution in [1.82, 2.24) is 5.32 Å². The Morgan fingerprint density at radius 1 is 1.38 bits per heavy atom. The number of piperidine rings is 2. The number of carboxylic acids is 1. The number of carbonyl (C=O) groups is 2. The van der Waals surface area contributed by atoms with E-state index in [4.69, 9.17) is 5.11 Å². The molecule has 1 aromatic rings. The molecule has 2 aliphatic heterocycles. The Morgan fingerprint density at radius 2 is 2.19 bits per heavy atom. The van der Waals surface area contributed by atoms with Crippen molar-refractivity contribution in [2.75, 3.05) is 18.0 Å². The van der Waals surface area contributed by atoms with Gasteiger partial charge in [0.25, 0.3) is 0 Å². The molecule has 2 atom stereocenters. The van der Waals surface area contributed by atoms with Crippen molar-refractivity contribution < 1.29 is 14.7 Å². The van der Waals surface area contributed by atoms with Gasteiger partial charge in [0.1, 0.15) is 0 Å². The van der Waals surface area contributed by atoms with Crippen molar-refractivity contribution in [1.29, 1.82) is 0 Å². The van der Waals surface area contributed by atoms with Gasteiger partial charge in [-0.1, -0.05) is 0 Å². The van der Waals surface area contributed by atoms with Gasteiger partial charge in [-0.25, -0.2) is 4.79 Å². The maximum atomic E-state index is 11.4. The SMILES string of the molecule is O=C1CCC2CN(c3ccc(C(=O)O)cc3Br)CCC2N1. The van der Waals surface area contributed by atoms with Gasteiger partial charge in [0.15, 0.2) is 0 Å². The minimum Gasteiger partial charge on any atom is -0.478 e. The lowest BCUT2D eigenvalue weighted by Crippen LogP contribution is -2.54. The summed E-state index contributed by atoms with van der Waals surface area (Å²) in [5.74, 6) is -0.282. The Hall–Kier alpha value is -1.56. The number of hydrogen-bond donors (Lipinski definition) is 2. The number of aromatic carboxylic acids is 1. The van der Waals surface area contributed by atoms with Gasteiger partial charge in [-0.2, -0.15) is 0 Å². The molecule has 1 aromatic carbocycles. The van der Waals surface area contributed by atoms with Crippen LogP contribution in [0.5, 0.6) is 0 Å². The summed E-state index contributed by atoms with van der Waals surface area (Å²) >= 11 is 3.47. The van der Waals surface area contributed by atoms with Crippen molar-refractivity contribution in [3.05, 3.63) is 28.2 Å². The fraction of sp³-hybridized carbons (Fsp3) is 0.467. The Labute approximate surface area is 131 Å². The Kier molecular flexibility index (Phi) is 3.89. The number of hydrogen-bond acceptors (Lipinski definition) is 3. The molecule has 2 saturated heterocycles. The third-order valence-corrected chi connectivity index (χ3v) is 4.99. The first kappa shape index (κ1) is 14.4. The van der Waals surface area contributed by atoms with Gasteiger partial charge < -0.3 is 15.3 Å². The van der Waals surface area contributed by atoms with Crippen LogP contribution in [0.15, 0.2) is 22.7 Å². The monoisotopic (exact) mass is 352 g/mol. The van der Waals surface area contributed by atoms with Crippen LogP contribution in [0.4, 0.5) is 5.69 Å². The van der Waals surface area contributed by atoms with Crippen molar-refractivity contribution >= 4 is 33.5 Å². The lowest BCUT2D eigenvalue weighted by atomic mass is 9.85. The van der Waals surface area contributed by atoms with E-state index in [1.165, 1.54) is 0 Å². The van der Waals surface area contributed by atoms with Crippen LogP contribution in [0.2, 0.25) is 0 Å². The van der Waals surface area contributed by atoms with E-state index < -0.39 is 5.97 Å². The van der Waals surface area contributed by atoms with Crippen LogP contribution in [-0.4, -0.2) is 36.1 Å². The molecule has 0 aliphatic carbocycles. The Bertz CT molecular complexity index is 590. The molecular formula is C15H17BrN2O3. The second kappa shape index (κ2) is 5.67. The summed E-state index contributed by atoms with van der Waals surface area (Å²) in [6.45, 7) is 1.77. The molecule has 2 heterocycles. The quantitative estimate of drug-likeness (QED) is 0.856. The standard InChI is InChI=1S/C15H17BrN2O3/c16-11-7-9(15(20)21)1-3-13(11)18-6-5-12-10(8-18)2-4-14(19)17-12/h1,3,7,10,12H,2,4-6,8H2,(H,17,19)(H,20,21). The zero-order chi connectivity index (χ0) is 15.0. The maximum Gasteiger partial charge on any atom is 0.335 e. The summed E-state index contributed by atoms with van der Waals surface area (Å²) in [5, 5.41) is 12.1. The molecule has 112 valence electrons. The number of anilines is 1. The van der Waals surface area contributed by atoms with Gasteiger partial charge >= 0.3 is 5.97 Å². The van der Waals surface area contributed by atoms with E-state index in [2.05, 4.69) is 26.1 Å². The number of benzene rings is 1. The molecular weight excluding hydrogens is 336 g/mol. The lowest BCUT2D eigenvalue weighted by Gasteiger charge is -2.42. The Balaban J connectivity index is 1.76. The largest absolute Gasteiger partial charge is 0.478 e. The minimum atomic E-state index is -0.920. The number of halogens is 1. The van der Waals surface area contributed by atoms with Crippen molar-refractivity contribution in [2.45, 2.75) is 25.3 Å². The maximum absolute atomic E-state index is 11.4. The number of rotatable bonds is 2. The molecule has 1 amide bonds. The highest BCUT2D eigenvalue weighted by Crippen LogP contribution is 2.33. The summed E-state index contributed by atoms with van der Waals surface area (Å²) in [5.41, 5.74) is 1.31. The molecule has 2 aliphatic rings. The summed E-state index contributed by atoms with van der Waals surface area (Å²) in [6.07, 6.45) is 2.47. The van der Waals surface area contributed by atoms with Crippen LogP contribution in [0, 0.1) is 5.92 Å². The molecule has 5 nitrogen and oxygen atoms in total. The highest BCUT2D eigenvalue weighted by molar-refractivity contribution is 9.10. The molecule has 6 heteroatoms. The zero-order valence-corrected chi connectivity index (χ0v) is 13.1. The first-order valence-electron chi connectivity index (χ1n) is 7.12.